The first-order chi connectivity index (χ1) is 7.73. The smallest absolute Gasteiger partial charge is 0.130 e. The second-order valence-corrected chi connectivity index (χ2v) is 4.78. The van der Waals surface area contributed by atoms with Crippen molar-refractivity contribution in [1.29, 1.82) is 0 Å². The maximum absolute atomic E-state index is 11.5. The van der Waals surface area contributed by atoms with Crippen molar-refractivity contribution in [2.24, 2.45) is 0 Å². The molecule has 1 saturated heterocycles. The van der Waals surface area contributed by atoms with Crippen LogP contribution in [0.5, 0.6) is 0 Å². The van der Waals surface area contributed by atoms with Crippen LogP contribution in [0.4, 0.5) is 0 Å². The summed E-state index contributed by atoms with van der Waals surface area (Å²) in [7, 11) is 0. The Hall–Kier alpha value is -1.15. The van der Waals surface area contributed by atoms with E-state index in [1.165, 1.54) is 5.56 Å². The molecular formula is C14H19NO. The molecule has 0 radical (unpaired) electrons. The fraction of sp³-hybridized carbons (Fsp3) is 0.500. The van der Waals surface area contributed by atoms with Crippen molar-refractivity contribution in [1.82, 2.24) is 5.32 Å². The summed E-state index contributed by atoms with van der Waals surface area (Å²) in [5.41, 5.74) is 1.41. The van der Waals surface area contributed by atoms with Crippen molar-refractivity contribution in [3.05, 3.63) is 35.9 Å². The predicted octanol–water partition coefficient (Wildman–Crippen LogP) is 2.29. The molecule has 2 heteroatoms. The van der Waals surface area contributed by atoms with Gasteiger partial charge < -0.3 is 5.32 Å². The van der Waals surface area contributed by atoms with E-state index in [0.717, 1.165) is 25.9 Å². The lowest BCUT2D eigenvalue weighted by molar-refractivity contribution is -0.118. The first-order valence-corrected chi connectivity index (χ1v) is 5.99. The molecular weight excluding hydrogens is 198 g/mol. The number of piperidine rings is 1. The summed E-state index contributed by atoms with van der Waals surface area (Å²) in [5.74, 6) is 0.297. The SMILES string of the molecule is CC(=O)CC1(c2ccccc2)CCNCC1. The van der Waals surface area contributed by atoms with Crippen molar-refractivity contribution in [3.63, 3.8) is 0 Å². The zero-order valence-electron chi connectivity index (χ0n) is 9.83. The molecule has 1 aromatic rings. The average molecular weight is 217 g/mol. The minimum absolute atomic E-state index is 0.0817. The highest BCUT2D eigenvalue weighted by Crippen LogP contribution is 2.36. The second-order valence-electron chi connectivity index (χ2n) is 4.78. The number of hydrogen-bond acceptors (Lipinski definition) is 2. The van der Waals surface area contributed by atoms with Crippen LogP contribution in [-0.2, 0) is 10.2 Å². The molecule has 16 heavy (non-hydrogen) atoms. The summed E-state index contributed by atoms with van der Waals surface area (Å²) in [6.07, 6.45) is 2.81. The van der Waals surface area contributed by atoms with Gasteiger partial charge in [0.25, 0.3) is 0 Å². The van der Waals surface area contributed by atoms with Gasteiger partial charge in [0, 0.05) is 11.8 Å². The molecule has 86 valence electrons. The third-order valence-electron chi connectivity index (χ3n) is 3.53. The minimum Gasteiger partial charge on any atom is -0.317 e. The first kappa shape index (κ1) is 11.3. The number of carbonyl (C=O) groups is 1. The Morgan fingerprint density at radius 1 is 1.25 bits per heavy atom. The number of carbonyl (C=O) groups excluding carboxylic acids is 1. The Kier molecular flexibility index (Phi) is 3.39. The van der Waals surface area contributed by atoms with Crippen LogP contribution in [0, 0.1) is 0 Å². The third-order valence-corrected chi connectivity index (χ3v) is 3.53. The quantitative estimate of drug-likeness (QED) is 0.841. The Morgan fingerprint density at radius 2 is 1.88 bits per heavy atom. The molecule has 1 aliphatic heterocycles. The van der Waals surface area contributed by atoms with E-state index in [-0.39, 0.29) is 5.41 Å². The van der Waals surface area contributed by atoms with Crippen LogP contribution in [0.3, 0.4) is 0 Å². The van der Waals surface area contributed by atoms with E-state index in [4.69, 9.17) is 0 Å². The van der Waals surface area contributed by atoms with Gasteiger partial charge in [-0.3, -0.25) is 4.79 Å². The average Bonchev–Trinajstić information content (AvgIpc) is 2.30. The van der Waals surface area contributed by atoms with Crippen LogP contribution in [-0.4, -0.2) is 18.9 Å². The van der Waals surface area contributed by atoms with Crippen molar-refractivity contribution in [2.45, 2.75) is 31.6 Å². The third kappa shape index (κ3) is 2.33. The summed E-state index contributed by atoms with van der Waals surface area (Å²) in [4.78, 5) is 11.5. The van der Waals surface area contributed by atoms with E-state index in [1.807, 2.05) is 6.07 Å². The van der Waals surface area contributed by atoms with Crippen LogP contribution >= 0.6 is 0 Å². The highest BCUT2D eigenvalue weighted by molar-refractivity contribution is 5.77. The topological polar surface area (TPSA) is 29.1 Å². The first-order valence-electron chi connectivity index (χ1n) is 5.99. The van der Waals surface area contributed by atoms with Gasteiger partial charge in [-0.15, -0.1) is 0 Å². The molecule has 0 aliphatic carbocycles. The van der Waals surface area contributed by atoms with Gasteiger partial charge in [0.05, 0.1) is 0 Å². The summed E-state index contributed by atoms with van der Waals surface area (Å²) in [6.45, 7) is 3.73. The molecule has 0 bridgehead atoms. The Bertz CT molecular complexity index is 352. The number of hydrogen-bond donors (Lipinski definition) is 1. The maximum atomic E-state index is 11.5. The van der Waals surface area contributed by atoms with Crippen molar-refractivity contribution in [3.8, 4) is 0 Å². The zero-order valence-corrected chi connectivity index (χ0v) is 9.83. The molecule has 2 rings (SSSR count). The molecule has 1 N–H and O–H groups in total. The Labute approximate surface area is 97.1 Å². The second kappa shape index (κ2) is 4.79. The largest absolute Gasteiger partial charge is 0.317 e. The lowest BCUT2D eigenvalue weighted by Crippen LogP contribution is -2.41. The molecule has 0 amide bonds. The lowest BCUT2D eigenvalue weighted by Gasteiger charge is -2.37. The van der Waals surface area contributed by atoms with Gasteiger partial charge in [-0.2, -0.15) is 0 Å². The molecule has 0 spiro atoms. The fourth-order valence-electron chi connectivity index (χ4n) is 2.74. The number of benzene rings is 1. The van der Waals surface area contributed by atoms with Crippen molar-refractivity contribution < 1.29 is 4.79 Å². The van der Waals surface area contributed by atoms with E-state index in [9.17, 15) is 4.79 Å². The molecule has 2 nitrogen and oxygen atoms in total. The number of ketones is 1. The number of rotatable bonds is 3. The van der Waals surface area contributed by atoms with Crippen LogP contribution < -0.4 is 5.32 Å². The van der Waals surface area contributed by atoms with Gasteiger partial charge in [-0.05, 0) is 38.4 Å². The van der Waals surface area contributed by atoms with Gasteiger partial charge in [0.2, 0.25) is 0 Å². The summed E-state index contributed by atoms with van der Waals surface area (Å²) in [6, 6.07) is 10.5. The standard InChI is InChI=1S/C14H19NO/c1-12(16)11-14(7-9-15-10-8-14)13-5-3-2-4-6-13/h2-6,15H,7-11H2,1H3. The van der Waals surface area contributed by atoms with Crippen molar-refractivity contribution >= 4 is 5.78 Å². The molecule has 1 fully saturated rings. The van der Waals surface area contributed by atoms with Gasteiger partial charge in [0.1, 0.15) is 5.78 Å². The van der Waals surface area contributed by atoms with Crippen LogP contribution in [0.25, 0.3) is 0 Å². The van der Waals surface area contributed by atoms with E-state index in [1.54, 1.807) is 6.92 Å². The molecule has 1 aromatic carbocycles. The highest BCUT2D eigenvalue weighted by Gasteiger charge is 2.34. The minimum atomic E-state index is 0.0817. The van der Waals surface area contributed by atoms with Crippen LogP contribution in [0.15, 0.2) is 30.3 Å². The molecule has 1 heterocycles. The number of nitrogens with one attached hydrogen (secondary N) is 1. The van der Waals surface area contributed by atoms with Gasteiger partial charge in [0.15, 0.2) is 0 Å². The predicted molar refractivity (Wildman–Crippen MR) is 65.5 cm³/mol. The number of Topliss-reactive ketones (excluding diaryl/α,β-unsaturated/α-hetero) is 1. The maximum Gasteiger partial charge on any atom is 0.130 e. The molecule has 0 atom stereocenters. The molecule has 0 unspecified atom stereocenters. The Balaban J connectivity index is 2.29. The Morgan fingerprint density at radius 3 is 2.44 bits per heavy atom. The highest BCUT2D eigenvalue weighted by atomic mass is 16.1. The fourth-order valence-corrected chi connectivity index (χ4v) is 2.74. The molecule has 0 aromatic heterocycles. The van der Waals surface area contributed by atoms with Crippen molar-refractivity contribution in [2.75, 3.05) is 13.1 Å². The lowest BCUT2D eigenvalue weighted by atomic mass is 9.70. The van der Waals surface area contributed by atoms with E-state index in [2.05, 4.69) is 29.6 Å². The van der Waals surface area contributed by atoms with Gasteiger partial charge in [-0.25, -0.2) is 0 Å². The van der Waals surface area contributed by atoms with E-state index in [0.29, 0.717) is 12.2 Å². The zero-order chi connectivity index (χ0) is 11.4. The van der Waals surface area contributed by atoms with E-state index < -0.39 is 0 Å². The van der Waals surface area contributed by atoms with Gasteiger partial charge in [-0.1, -0.05) is 30.3 Å². The molecule has 1 aliphatic rings. The van der Waals surface area contributed by atoms with Crippen LogP contribution in [0.1, 0.15) is 31.7 Å². The van der Waals surface area contributed by atoms with Crippen LogP contribution in [0.2, 0.25) is 0 Å². The van der Waals surface area contributed by atoms with Gasteiger partial charge >= 0.3 is 0 Å². The molecule has 0 saturated carbocycles. The monoisotopic (exact) mass is 217 g/mol. The van der Waals surface area contributed by atoms with E-state index >= 15 is 0 Å². The summed E-state index contributed by atoms with van der Waals surface area (Å²) >= 11 is 0. The summed E-state index contributed by atoms with van der Waals surface area (Å²) < 4.78 is 0. The summed E-state index contributed by atoms with van der Waals surface area (Å²) in [5, 5.41) is 3.37. The normalized spacial score (nSPS) is 19.3.